The maximum Gasteiger partial charge on any atom is 0.323 e. The van der Waals surface area contributed by atoms with Crippen LogP contribution in [0.15, 0.2) is 76.1 Å². The van der Waals surface area contributed by atoms with Crippen molar-refractivity contribution < 1.29 is 18.1 Å². The fourth-order valence-electron chi connectivity index (χ4n) is 2.41. The van der Waals surface area contributed by atoms with Crippen molar-refractivity contribution in [3.8, 4) is 22.8 Å². The highest BCUT2D eigenvalue weighted by atomic mass is 19.1. The Balaban J connectivity index is 1.47. The van der Waals surface area contributed by atoms with Crippen LogP contribution in [-0.2, 0) is 0 Å². The van der Waals surface area contributed by atoms with E-state index in [4.69, 9.17) is 8.94 Å². The molecule has 0 bridgehead atoms. The molecular formula is C19H13FN4O3. The van der Waals surface area contributed by atoms with E-state index in [1.165, 1.54) is 36.8 Å². The number of hydrogen-bond donors (Lipinski definition) is 2. The van der Waals surface area contributed by atoms with Crippen molar-refractivity contribution in [3.63, 3.8) is 0 Å². The zero-order valence-electron chi connectivity index (χ0n) is 13.8. The average Bonchev–Trinajstić information content (AvgIpc) is 3.35. The third-order valence-electron chi connectivity index (χ3n) is 3.67. The molecule has 2 N–H and O–H groups in total. The summed E-state index contributed by atoms with van der Waals surface area (Å²) in [5, 5.41) is 9.27. The number of anilines is 2. The van der Waals surface area contributed by atoms with Gasteiger partial charge < -0.3 is 19.6 Å². The molecule has 4 aromatic rings. The van der Waals surface area contributed by atoms with Crippen LogP contribution in [0.2, 0.25) is 0 Å². The summed E-state index contributed by atoms with van der Waals surface area (Å²) in [5.41, 5.74) is 2.38. The Bertz CT molecular complexity index is 1060. The third-order valence-corrected chi connectivity index (χ3v) is 3.67. The molecule has 0 aliphatic heterocycles. The normalized spacial score (nSPS) is 10.6. The van der Waals surface area contributed by atoms with Gasteiger partial charge in [-0.1, -0.05) is 17.3 Å². The number of furan rings is 1. The zero-order chi connectivity index (χ0) is 18.6. The first-order chi connectivity index (χ1) is 13.2. The molecule has 0 atom stereocenters. The van der Waals surface area contributed by atoms with E-state index < -0.39 is 6.03 Å². The van der Waals surface area contributed by atoms with Gasteiger partial charge in [0.15, 0.2) is 0 Å². The molecule has 4 rings (SSSR count). The van der Waals surface area contributed by atoms with E-state index in [0.29, 0.717) is 34.2 Å². The van der Waals surface area contributed by atoms with Gasteiger partial charge in [-0.15, -0.1) is 0 Å². The van der Waals surface area contributed by atoms with E-state index >= 15 is 0 Å². The Kier molecular flexibility index (Phi) is 4.36. The number of hydrogen-bond acceptors (Lipinski definition) is 5. The van der Waals surface area contributed by atoms with Crippen LogP contribution in [0.1, 0.15) is 0 Å². The first-order valence-electron chi connectivity index (χ1n) is 7.98. The molecule has 2 amide bonds. The predicted molar refractivity (Wildman–Crippen MR) is 96.5 cm³/mol. The number of nitrogens with one attached hydrogen (secondary N) is 2. The molecule has 0 radical (unpaired) electrons. The molecule has 2 aromatic carbocycles. The number of rotatable bonds is 4. The minimum atomic E-state index is -0.453. The van der Waals surface area contributed by atoms with E-state index in [1.807, 2.05) is 0 Å². The number of aromatic nitrogens is 2. The number of nitrogens with zero attached hydrogens (tertiary/aromatic N) is 2. The van der Waals surface area contributed by atoms with Crippen molar-refractivity contribution in [3.05, 3.63) is 72.9 Å². The van der Waals surface area contributed by atoms with Crippen molar-refractivity contribution in [1.29, 1.82) is 0 Å². The van der Waals surface area contributed by atoms with Crippen molar-refractivity contribution in [2.45, 2.75) is 0 Å². The minimum absolute atomic E-state index is 0.339. The van der Waals surface area contributed by atoms with Gasteiger partial charge in [0, 0.05) is 16.9 Å². The second kappa shape index (κ2) is 7.12. The van der Waals surface area contributed by atoms with E-state index in [-0.39, 0.29) is 5.82 Å². The van der Waals surface area contributed by atoms with Crippen molar-refractivity contribution >= 4 is 17.4 Å². The Labute approximate surface area is 152 Å². The van der Waals surface area contributed by atoms with Crippen LogP contribution in [0.25, 0.3) is 22.8 Å². The van der Waals surface area contributed by atoms with Crippen molar-refractivity contribution in [2.75, 3.05) is 10.6 Å². The molecule has 0 spiro atoms. The summed E-state index contributed by atoms with van der Waals surface area (Å²) < 4.78 is 23.1. The standard InChI is InChI=1S/C19H13FN4O3/c20-14-4-6-15(7-5-14)21-19(25)22-16-3-1-2-12(10-16)17-23-18(27-24-17)13-8-9-26-11-13/h1-11H,(H2,21,22,25). The van der Waals surface area contributed by atoms with Crippen LogP contribution < -0.4 is 10.6 Å². The summed E-state index contributed by atoms with van der Waals surface area (Å²) in [6, 6.07) is 13.8. The SMILES string of the molecule is O=C(Nc1ccc(F)cc1)Nc1cccc(-c2noc(-c3ccoc3)n2)c1. The zero-order valence-corrected chi connectivity index (χ0v) is 13.8. The van der Waals surface area contributed by atoms with E-state index in [1.54, 1.807) is 30.3 Å². The minimum Gasteiger partial charge on any atom is -0.472 e. The van der Waals surface area contributed by atoms with E-state index in [2.05, 4.69) is 20.8 Å². The van der Waals surface area contributed by atoms with Crippen molar-refractivity contribution in [1.82, 2.24) is 10.1 Å². The maximum atomic E-state index is 12.9. The van der Waals surface area contributed by atoms with Gasteiger partial charge in [0.2, 0.25) is 5.82 Å². The Morgan fingerprint density at radius 2 is 1.78 bits per heavy atom. The summed E-state index contributed by atoms with van der Waals surface area (Å²) in [6.07, 6.45) is 3.03. The van der Waals surface area contributed by atoms with Gasteiger partial charge in [-0.05, 0) is 42.5 Å². The lowest BCUT2D eigenvalue weighted by atomic mass is 10.2. The van der Waals surface area contributed by atoms with Crippen LogP contribution in [0.5, 0.6) is 0 Å². The summed E-state index contributed by atoms with van der Waals surface area (Å²) in [6.45, 7) is 0. The topological polar surface area (TPSA) is 93.2 Å². The molecule has 2 aromatic heterocycles. The molecule has 0 unspecified atom stereocenters. The number of halogens is 1. The van der Waals surface area contributed by atoms with Crippen LogP contribution in [0.4, 0.5) is 20.6 Å². The first-order valence-corrected chi connectivity index (χ1v) is 7.98. The number of carbonyl (C=O) groups excluding carboxylic acids is 1. The lowest BCUT2D eigenvalue weighted by Crippen LogP contribution is -2.19. The molecular weight excluding hydrogens is 351 g/mol. The van der Waals surface area contributed by atoms with Gasteiger partial charge in [0.25, 0.3) is 5.89 Å². The monoisotopic (exact) mass is 364 g/mol. The van der Waals surface area contributed by atoms with Gasteiger partial charge in [-0.25, -0.2) is 9.18 Å². The Hall–Kier alpha value is -3.94. The molecule has 134 valence electrons. The van der Waals surface area contributed by atoms with Gasteiger partial charge in [-0.3, -0.25) is 0 Å². The van der Waals surface area contributed by atoms with Gasteiger partial charge >= 0.3 is 6.03 Å². The molecule has 0 saturated carbocycles. The largest absolute Gasteiger partial charge is 0.472 e. The summed E-state index contributed by atoms with van der Waals surface area (Å²) >= 11 is 0. The van der Waals surface area contributed by atoms with E-state index in [9.17, 15) is 9.18 Å². The second-order valence-electron chi connectivity index (χ2n) is 5.60. The van der Waals surface area contributed by atoms with Gasteiger partial charge in [-0.2, -0.15) is 4.98 Å². The number of carbonyl (C=O) groups is 1. The third kappa shape index (κ3) is 3.84. The maximum absolute atomic E-state index is 12.9. The van der Waals surface area contributed by atoms with Gasteiger partial charge in [0.1, 0.15) is 12.1 Å². The quantitative estimate of drug-likeness (QED) is 0.543. The van der Waals surface area contributed by atoms with Crippen LogP contribution in [-0.4, -0.2) is 16.2 Å². The summed E-state index contributed by atoms with van der Waals surface area (Å²) in [7, 11) is 0. The number of amides is 2. The lowest BCUT2D eigenvalue weighted by molar-refractivity contribution is 0.262. The highest BCUT2D eigenvalue weighted by Crippen LogP contribution is 2.24. The molecule has 0 saturated heterocycles. The summed E-state index contributed by atoms with van der Waals surface area (Å²) in [4.78, 5) is 16.4. The van der Waals surface area contributed by atoms with Crippen LogP contribution in [0.3, 0.4) is 0 Å². The Morgan fingerprint density at radius 1 is 0.963 bits per heavy atom. The molecule has 0 aliphatic carbocycles. The predicted octanol–water partition coefficient (Wildman–Crippen LogP) is 4.78. The Morgan fingerprint density at radius 3 is 2.56 bits per heavy atom. The smallest absolute Gasteiger partial charge is 0.323 e. The summed E-state index contributed by atoms with van der Waals surface area (Å²) in [5.74, 6) is 0.350. The molecule has 27 heavy (non-hydrogen) atoms. The molecule has 0 fully saturated rings. The first kappa shape index (κ1) is 16.5. The fourth-order valence-corrected chi connectivity index (χ4v) is 2.41. The van der Waals surface area contributed by atoms with Crippen LogP contribution >= 0.6 is 0 Å². The lowest BCUT2D eigenvalue weighted by Gasteiger charge is -2.08. The number of urea groups is 1. The second-order valence-corrected chi connectivity index (χ2v) is 5.60. The van der Waals surface area contributed by atoms with Crippen molar-refractivity contribution in [2.24, 2.45) is 0 Å². The molecule has 2 heterocycles. The van der Waals surface area contributed by atoms with E-state index in [0.717, 1.165) is 0 Å². The molecule has 8 heteroatoms. The highest BCUT2D eigenvalue weighted by Gasteiger charge is 2.12. The van der Waals surface area contributed by atoms with Crippen LogP contribution in [0, 0.1) is 5.82 Å². The highest BCUT2D eigenvalue weighted by molar-refractivity contribution is 6.00. The molecule has 0 aliphatic rings. The number of benzene rings is 2. The average molecular weight is 364 g/mol. The fraction of sp³-hybridized carbons (Fsp3) is 0. The van der Waals surface area contributed by atoms with Gasteiger partial charge in [0.05, 0.1) is 11.8 Å². The molecule has 7 nitrogen and oxygen atoms in total.